The lowest BCUT2D eigenvalue weighted by Crippen LogP contribution is -2.54. The smallest absolute Gasteiger partial charge is 0.294 e. The molecule has 1 saturated heterocycles. The molecule has 1 N–H and O–H groups in total. The Bertz CT molecular complexity index is 900. The number of aryl methyl sites for hydroxylation is 1. The number of quaternary nitrogens is 1. The highest BCUT2D eigenvalue weighted by molar-refractivity contribution is 7.85. The summed E-state index contributed by atoms with van der Waals surface area (Å²) in [5, 5.41) is 10.6. The highest BCUT2D eigenvalue weighted by Crippen LogP contribution is 2.21. The van der Waals surface area contributed by atoms with Gasteiger partial charge in [0.15, 0.2) is 0 Å². The summed E-state index contributed by atoms with van der Waals surface area (Å²) >= 11 is 0. The van der Waals surface area contributed by atoms with Crippen LogP contribution >= 0.6 is 0 Å². The molecule has 9 heteroatoms. The number of non-ortho nitro benzene ring substituents is 1. The third-order valence-corrected chi connectivity index (χ3v) is 5.56. The number of nitro benzene ring substituents is 1. The van der Waals surface area contributed by atoms with E-state index in [2.05, 4.69) is 19.0 Å². The van der Waals surface area contributed by atoms with Crippen molar-refractivity contribution in [2.45, 2.75) is 11.8 Å². The molecule has 152 valence electrons. The Kier molecular flexibility index (Phi) is 6.76. The predicted octanol–water partition coefficient (Wildman–Crippen LogP) is 2.73. The third-order valence-electron chi connectivity index (χ3n) is 4.70. The number of likely N-dealkylation sites (N-methyl/N-ethyl adjacent to an activating group) is 1. The number of hydrogen-bond donors (Lipinski definition) is 1. The highest BCUT2D eigenvalue weighted by atomic mass is 32.2. The van der Waals surface area contributed by atoms with E-state index in [-0.39, 0.29) is 15.5 Å². The van der Waals surface area contributed by atoms with E-state index >= 15 is 0 Å². The lowest BCUT2D eigenvalue weighted by molar-refractivity contribution is -0.890. The molecular weight excluding hydrogens is 382 g/mol. The quantitative estimate of drug-likeness (QED) is 0.363. The molecule has 0 aliphatic carbocycles. The number of piperazine rings is 1. The van der Waals surface area contributed by atoms with Crippen LogP contribution < -0.4 is 4.90 Å². The van der Waals surface area contributed by atoms with Gasteiger partial charge in [-0.25, -0.2) is 0 Å². The van der Waals surface area contributed by atoms with Gasteiger partial charge in [0.25, 0.3) is 15.8 Å². The van der Waals surface area contributed by atoms with Crippen molar-refractivity contribution >= 4 is 21.5 Å². The fourth-order valence-electron chi connectivity index (χ4n) is 2.76. The summed E-state index contributed by atoms with van der Waals surface area (Å²) in [6, 6.07) is 12.8. The van der Waals surface area contributed by atoms with Crippen LogP contribution in [-0.2, 0) is 10.1 Å². The van der Waals surface area contributed by atoms with Crippen LogP contribution in [0.15, 0.2) is 53.4 Å². The van der Waals surface area contributed by atoms with Gasteiger partial charge < -0.3 is 9.38 Å². The molecule has 1 aliphatic heterocycles. The van der Waals surface area contributed by atoms with Crippen LogP contribution in [-0.4, -0.2) is 62.7 Å². The topological polar surface area (TPSA) is 101 Å². The number of nitrogens with zero attached hydrogens (tertiary/aromatic N) is 3. The van der Waals surface area contributed by atoms with E-state index in [9.17, 15) is 18.5 Å². The molecule has 3 rings (SSSR count). The molecule has 0 saturated carbocycles. The van der Waals surface area contributed by atoms with E-state index in [0.29, 0.717) is 0 Å². The second-order valence-electron chi connectivity index (χ2n) is 7.43. The molecule has 2 aromatic rings. The minimum absolute atomic E-state index is 0.0666. The summed E-state index contributed by atoms with van der Waals surface area (Å²) in [6.07, 6.45) is 0. The summed E-state index contributed by atoms with van der Waals surface area (Å²) in [5.74, 6) is 0. The van der Waals surface area contributed by atoms with Crippen LogP contribution in [0.1, 0.15) is 5.56 Å². The molecule has 0 amide bonds. The average molecular weight is 409 g/mol. The molecule has 2 aromatic carbocycles. The first-order valence-corrected chi connectivity index (χ1v) is 10.3. The van der Waals surface area contributed by atoms with Gasteiger partial charge in [0.1, 0.15) is 0 Å². The van der Waals surface area contributed by atoms with Gasteiger partial charge in [-0.1, -0.05) is 17.7 Å². The summed E-state index contributed by atoms with van der Waals surface area (Å²) < 4.78 is 30.6. The number of rotatable bonds is 3. The van der Waals surface area contributed by atoms with Gasteiger partial charge in [-0.05, 0) is 31.2 Å². The Morgan fingerprint density at radius 1 is 1.00 bits per heavy atom. The van der Waals surface area contributed by atoms with Crippen molar-refractivity contribution in [3.8, 4) is 0 Å². The monoisotopic (exact) mass is 408 g/mol. The molecule has 0 atom stereocenters. The van der Waals surface area contributed by atoms with Gasteiger partial charge in [-0.2, -0.15) is 8.42 Å². The number of nitro groups is 1. The van der Waals surface area contributed by atoms with Crippen molar-refractivity contribution in [1.82, 2.24) is 0 Å². The van der Waals surface area contributed by atoms with Crippen molar-refractivity contribution < 1.29 is 22.4 Å². The van der Waals surface area contributed by atoms with Crippen LogP contribution in [0.5, 0.6) is 0 Å². The first-order valence-electron chi connectivity index (χ1n) is 8.83. The van der Waals surface area contributed by atoms with E-state index < -0.39 is 10.1 Å². The first kappa shape index (κ1) is 21.8. The van der Waals surface area contributed by atoms with Crippen LogP contribution in [0.3, 0.4) is 0 Å². The number of hydrogen-bond acceptors (Lipinski definition) is 5. The Labute approximate surface area is 165 Å². The third kappa shape index (κ3) is 6.29. The fraction of sp³-hybridized carbons (Fsp3) is 0.368. The Morgan fingerprint density at radius 2 is 1.50 bits per heavy atom. The molecule has 8 nitrogen and oxygen atoms in total. The maximum absolute atomic E-state index is 10.6. The summed E-state index contributed by atoms with van der Waals surface area (Å²) in [4.78, 5) is 12.4. The molecule has 0 bridgehead atoms. The average Bonchev–Trinajstić information content (AvgIpc) is 2.62. The Hall–Kier alpha value is -2.49. The van der Waals surface area contributed by atoms with Gasteiger partial charge in [0.05, 0.1) is 50.1 Å². The van der Waals surface area contributed by atoms with E-state index in [1.54, 1.807) is 24.3 Å². The molecule has 0 unspecified atom stereocenters. The molecule has 1 heterocycles. The number of anilines is 1. The second kappa shape index (κ2) is 8.68. The van der Waals surface area contributed by atoms with Crippen LogP contribution in [0.4, 0.5) is 11.4 Å². The van der Waals surface area contributed by atoms with Gasteiger partial charge in [0.2, 0.25) is 0 Å². The molecule has 1 aliphatic rings. The van der Waals surface area contributed by atoms with Gasteiger partial charge in [-0.15, -0.1) is 0 Å². The van der Waals surface area contributed by atoms with Crippen molar-refractivity contribution in [1.29, 1.82) is 0 Å². The standard InChI is InChI=1S/C12H18N3O2.C7H8O3S/c1-15(2)9-7-13(8-10-15)11-3-5-12(6-4-11)14(16)17;1-6-2-4-7(5-3-6)11(8,9)10/h3-6H,7-10H2,1-2H3;2-5H,1H3,(H,8,9,10)/q+1;. The van der Waals surface area contributed by atoms with Crippen molar-refractivity contribution in [2.24, 2.45) is 0 Å². The summed E-state index contributed by atoms with van der Waals surface area (Å²) in [6.45, 7) is 6.07. The van der Waals surface area contributed by atoms with Crippen LogP contribution in [0.2, 0.25) is 0 Å². The van der Waals surface area contributed by atoms with Gasteiger partial charge >= 0.3 is 0 Å². The van der Waals surface area contributed by atoms with Gasteiger partial charge in [0, 0.05) is 17.8 Å². The maximum Gasteiger partial charge on any atom is 0.294 e. The van der Waals surface area contributed by atoms with E-state index in [4.69, 9.17) is 4.55 Å². The minimum Gasteiger partial charge on any atom is -0.360 e. The van der Waals surface area contributed by atoms with Crippen LogP contribution in [0.25, 0.3) is 0 Å². The molecule has 28 heavy (non-hydrogen) atoms. The predicted molar refractivity (Wildman–Crippen MR) is 108 cm³/mol. The van der Waals surface area contributed by atoms with E-state index in [1.165, 1.54) is 12.1 Å². The fourth-order valence-corrected chi connectivity index (χ4v) is 3.24. The lowest BCUT2D eigenvalue weighted by atomic mass is 10.2. The molecule has 0 aromatic heterocycles. The zero-order chi connectivity index (χ0) is 20.9. The molecule has 0 spiro atoms. The molecule has 0 radical (unpaired) electrons. The maximum atomic E-state index is 10.6. The number of benzene rings is 2. The summed E-state index contributed by atoms with van der Waals surface area (Å²) in [5.41, 5.74) is 2.19. The largest absolute Gasteiger partial charge is 0.360 e. The zero-order valence-electron chi connectivity index (χ0n) is 16.3. The molecule has 1 fully saturated rings. The molecular formula is C19H26N3O5S+. The second-order valence-corrected chi connectivity index (χ2v) is 8.85. The van der Waals surface area contributed by atoms with Crippen LogP contribution in [0, 0.1) is 17.0 Å². The first-order chi connectivity index (χ1) is 13.0. The zero-order valence-corrected chi connectivity index (χ0v) is 17.1. The van der Waals surface area contributed by atoms with Crippen molar-refractivity contribution in [3.63, 3.8) is 0 Å². The lowest BCUT2D eigenvalue weighted by Gasteiger charge is -2.40. The summed E-state index contributed by atoms with van der Waals surface area (Å²) in [7, 11) is 0.439. The minimum atomic E-state index is -4.02. The normalized spacial score (nSPS) is 16.1. The van der Waals surface area contributed by atoms with E-state index in [0.717, 1.165) is 41.9 Å². The highest BCUT2D eigenvalue weighted by Gasteiger charge is 2.24. The SMILES string of the molecule is C[N+]1(C)CCN(c2ccc([N+](=O)[O-])cc2)CC1.Cc1ccc(S(=O)(=O)O)cc1. The van der Waals surface area contributed by atoms with Gasteiger partial charge in [-0.3, -0.25) is 14.7 Å². The van der Waals surface area contributed by atoms with Crippen molar-refractivity contribution in [2.75, 3.05) is 45.2 Å². The Morgan fingerprint density at radius 3 is 1.93 bits per heavy atom. The van der Waals surface area contributed by atoms with E-state index in [1.807, 2.05) is 19.1 Å². The Balaban J connectivity index is 0.000000221. The van der Waals surface area contributed by atoms with Crippen molar-refractivity contribution in [3.05, 3.63) is 64.2 Å².